The number of ether oxygens (including phenoxy) is 1. The first-order valence-corrected chi connectivity index (χ1v) is 11.1. The van der Waals surface area contributed by atoms with Crippen LogP contribution in [0, 0.1) is 12.8 Å². The Morgan fingerprint density at radius 3 is 2.57 bits per heavy atom. The number of aryl methyl sites for hydroxylation is 1. The SMILES string of the molecule is CN=C(NCC1CCN(Cc2ccc(OC)cc2)CC1)N(C)Cc1csc(C)n1.I. The van der Waals surface area contributed by atoms with Gasteiger partial charge in [0.15, 0.2) is 5.96 Å². The first-order chi connectivity index (χ1) is 14.1. The van der Waals surface area contributed by atoms with E-state index in [-0.39, 0.29) is 24.0 Å². The van der Waals surface area contributed by atoms with Crippen LogP contribution in [0.2, 0.25) is 0 Å². The number of benzene rings is 1. The molecule has 6 nitrogen and oxygen atoms in total. The quantitative estimate of drug-likeness (QED) is 0.325. The lowest BCUT2D eigenvalue weighted by molar-refractivity contribution is 0.177. The van der Waals surface area contributed by atoms with Crippen molar-refractivity contribution in [2.24, 2.45) is 10.9 Å². The van der Waals surface area contributed by atoms with E-state index in [9.17, 15) is 0 Å². The summed E-state index contributed by atoms with van der Waals surface area (Å²) in [5.74, 6) is 2.55. The number of nitrogens with one attached hydrogen (secondary N) is 1. The van der Waals surface area contributed by atoms with Gasteiger partial charge in [0, 0.05) is 32.6 Å². The molecule has 0 bridgehead atoms. The van der Waals surface area contributed by atoms with Gasteiger partial charge in [0.25, 0.3) is 0 Å². The molecule has 3 rings (SSSR count). The standard InChI is InChI=1S/C22H33N5OS.HI/c1-17-25-20(16-29-17)15-26(3)22(23-2)24-13-18-9-11-27(12-10-18)14-19-5-7-21(28-4)8-6-19;/h5-8,16,18H,9-15H2,1-4H3,(H,23,24);1H. The minimum absolute atomic E-state index is 0. The normalized spacial score (nSPS) is 15.5. The highest BCUT2D eigenvalue weighted by molar-refractivity contribution is 14.0. The molecule has 0 atom stereocenters. The monoisotopic (exact) mass is 543 g/mol. The van der Waals surface area contributed by atoms with Crippen LogP contribution in [0.5, 0.6) is 5.75 Å². The van der Waals surface area contributed by atoms with Crippen molar-refractivity contribution in [3.8, 4) is 5.75 Å². The number of nitrogens with zero attached hydrogens (tertiary/aromatic N) is 4. The second-order valence-electron chi connectivity index (χ2n) is 7.71. The first kappa shape index (κ1) is 24.9. The number of aromatic nitrogens is 1. The van der Waals surface area contributed by atoms with E-state index in [1.54, 1.807) is 18.4 Å². The number of rotatable bonds is 7. The Hall–Kier alpha value is -1.39. The maximum Gasteiger partial charge on any atom is 0.193 e. The van der Waals surface area contributed by atoms with Crippen molar-refractivity contribution in [2.75, 3.05) is 40.8 Å². The van der Waals surface area contributed by atoms with Crippen LogP contribution in [-0.2, 0) is 13.1 Å². The van der Waals surface area contributed by atoms with E-state index in [1.807, 2.05) is 26.1 Å². The smallest absolute Gasteiger partial charge is 0.193 e. The molecule has 1 aromatic carbocycles. The zero-order chi connectivity index (χ0) is 20.6. The lowest BCUT2D eigenvalue weighted by Gasteiger charge is -2.33. The Morgan fingerprint density at radius 2 is 2.00 bits per heavy atom. The second-order valence-corrected chi connectivity index (χ2v) is 8.77. The van der Waals surface area contributed by atoms with Crippen molar-refractivity contribution in [3.63, 3.8) is 0 Å². The summed E-state index contributed by atoms with van der Waals surface area (Å²) in [4.78, 5) is 13.7. The number of aliphatic imine (C=N–C) groups is 1. The Kier molecular flexibility index (Phi) is 10.3. The molecule has 1 saturated heterocycles. The third kappa shape index (κ3) is 7.39. The molecule has 1 aliphatic heterocycles. The van der Waals surface area contributed by atoms with Gasteiger partial charge in [-0.05, 0) is 56.5 Å². The maximum atomic E-state index is 5.24. The number of thiazole rings is 1. The highest BCUT2D eigenvalue weighted by Crippen LogP contribution is 2.20. The number of guanidine groups is 1. The molecule has 2 heterocycles. The summed E-state index contributed by atoms with van der Waals surface area (Å²) < 4.78 is 5.24. The predicted molar refractivity (Wildman–Crippen MR) is 136 cm³/mol. The molecular weight excluding hydrogens is 509 g/mol. The van der Waals surface area contributed by atoms with Gasteiger partial charge in [-0.1, -0.05) is 12.1 Å². The molecule has 0 amide bonds. The number of methoxy groups -OCH3 is 1. The number of halogens is 1. The van der Waals surface area contributed by atoms with Crippen LogP contribution in [0.25, 0.3) is 0 Å². The molecule has 166 valence electrons. The van der Waals surface area contributed by atoms with Gasteiger partial charge in [-0.2, -0.15) is 0 Å². The van der Waals surface area contributed by atoms with E-state index < -0.39 is 0 Å². The molecule has 2 aromatic rings. The molecule has 0 radical (unpaired) electrons. The van der Waals surface area contributed by atoms with Crippen molar-refractivity contribution < 1.29 is 4.74 Å². The molecule has 1 fully saturated rings. The van der Waals surface area contributed by atoms with Crippen LogP contribution in [0.3, 0.4) is 0 Å². The summed E-state index contributed by atoms with van der Waals surface area (Å²) in [6, 6.07) is 8.41. The summed E-state index contributed by atoms with van der Waals surface area (Å²) >= 11 is 1.70. The van der Waals surface area contributed by atoms with E-state index in [1.165, 1.54) is 18.4 Å². The maximum absolute atomic E-state index is 5.24. The molecule has 0 unspecified atom stereocenters. The van der Waals surface area contributed by atoms with Gasteiger partial charge in [0.2, 0.25) is 0 Å². The van der Waals surface area contributed by atoms with Gasteiger partial charge in [-0.3, -0.25) is 9.89 Å². The number of hydrogen-bond donors (Lipinski definition) is 1. The topological polar surface area (TPSA) is 53.0 Å². The summed E-state index contributed by atoms with van der Waals surface area (Å²) in [5.41, 5.74) is 2.45. The zero-order valence-electron chi connectivity index (χ0n) is 18.4. The fourth-order valence-electron chi connectivity index (χ4n) is 3.76. The van der Waals surface area contributed by atoms with E-state index in [0.717, 1.165) is 55.1 Å². The van der Waals surface area contributed by atoms with Crippen LogP contribution < -0.4 is 10.1 Å². The second kappa shape index (κ2) is 12.5. The molecule has 8 heteroatoms. The molecular formula is C22H34IN5OS. The average molecular weight is 544 g/mol. The number of piperidine rings is 1. The van der Waals surface area contributed by atoms with Crippen molar-refractivity contribution in [3.05, 3.63) is 45.9 Å². The lowest BCUT2D eigenvalue weighted by Crippen LogP contribution is -2.43. The highest BCUT2D eigenvalue weighted by atomic mass is 127. The van der Waals surface area contributed by atoms with E-state index in [4.69, 9.17) is 4.74 Å². The lowest BCUT2D eigenvalue weighted by atomic mass is 9.96. The molecule has 1 aliphatic rings. The summed E-state index contributed by atoms with van der Waals surface area (Å²) in [6.07, 6.45) is 2.43. The number of likely N-dealkylation sites (tertiary alicyclic amines) is 1. The zero-order valence-corrected chi connectivity index (χ0v) is 21.6. The summed E-state index contributed by atoms with van der Waals surface area (Å²) in [5, 5.41) is 6.79. The Balaban J connectivity index is 0.00000320. The average Bonchev–Trinajstić information content (AvgIpc) is 3.14. The first-order valence-electron chi connectivity index (χ1n) is 10.3. The fourth-order valence-corrected chi connectivity index (χ4v) is 4.36. The van der Waals surface area contributed by atoms with Crippen LogP contribution in [0.15, 0.2) is 34.6 Å². The summed E-state index contributed by atoms with van der Waals surface area (Å²) in [7, 11) is 5.63. The molecule has 30 heavy (non-hydrogen) atoms. The van der Waals surface area contributed by atoms with Crippen LogP contribution in [-0.4, -0.2) is 61.6 Å². The Bertz CT molecular complexity index is 787. The van der Waals surface area contributed by atoms with Crippen molar-refractivity contribution >= 4 is 41.3 Å². The van der Waals surface area contributed by atoms with Gasteiger partial charge >= 0.3 is 0 Å². The molecule has 1 N–H and O–H groups in total. The fraction of sp³-hybridized carbons (Fsp3) is 0.545. The molecule has 0 aliphatic carbocycles. The van der Waals surface area contributed by atoms with E-state index in [2.05, 4.69) is 49.7 Å². The van der Waals surface area contributed by atoms with Crippen molar-refractivity contribution in [1.29, 1.82) is 0 Å². The largest absolute Gasteiger partial charge is 0.497 e. The van der Waals surface area contributed by atoms with E-state index in [0.29, 0.717) is 5.92 Å². The van der Waals surface area contributed by atoms with Gasteiger partial charge in [0.1, 0.15) is 5.75 Å². The highest BCUT2D eigenvalue weighted by Gasteiger charge is 2.20. The molecule has 1 aromatic heterocycles. The summed E-state index contributed by atoms with van der Waals surface area (Å²) in [6.45, 7) is 7.10. The van der Waals surface area contributed by atoms with E-state index >= 15 is 0 Å². The predicted octanol–water partition coefficient (Wildman–Crippen LogP) is 4.00. The number of hydrogen-bond acceptors (Lipinski definition) is 5. The van der Waals surface area contributed by atoms with Gasteiger partial charge in [0.05, 0.1) is 24.4 Å². The van der Waals surface area contributed by atoms with Crippen molar-refractivity contribution in [1.82, 2.24) is 20.1 Å². The van der Waals surface area contributed by atoms with Crippen LogP contribution in [0.4, 0.5) is 0 Å². The minimum atomic E-state index is 0. The molecule has 0 saturated carbocycles. The van der Waals surface area contributed by atoms with Crippen LogP contribution in [0.1, 0.15) is 29.1 Å². The molecule has 0 spiro atoms. The third-order valence-corrected chi connectivity index (χ3v) is 6.28. The van der Waals surface area contributed by atoms with Gasteiger partial charge < -0.3 is 15.0 Å². The minimum Gasteiger partial charge on any atom is -0.497 e. The Morgan fingerprint density at radius 1 is 1.30 bits per heavy atom. The van der Waals surface area contributed by atoms with Gasteiger partial charge in [-0.15, -0.1) is 35.3 Å². The van der Waals surface area contributed by atoms with Crippen LogP contribution >= 0.6 is 35.3 Å². The third-order valence-electron chi connectivity index (χ3n) is 5.46. The van der Waals surface area contributed by atoms with Crippen molar-refractivity contribution in [2.45, 2.75) is 32.9 Å². The van der Waals surface area contributed by atoms with Gasteiger partial charge in [-0.25, -0.2) is 4.98 Å². The Labute approximate surface area is 201 Å².